The van der Waals surface area contributed by atoms with Crippen LogP contribution in [0.4, 0.5) is 23.2 Å². The Balaban J connectivity index is 2.04. The quantitative estimate of drug-likeness (QED) is 0.832. The average Bonchev–Trinajstić information content (AvgIpc) is 2.40. The highest BCUT2D eigenvalue weighted by molar-refractivity contribution is 5.47. The number of anilines is 1. The maximum atomic E-state index is 13.4. The first-order valence-corrected chi connectivity index (χ1v) is 5.78. The standard InChI is InChI=1S/C14H11F4NO/c15-11-4-2-1-3-9(11)8-19-10-5-6-13(12(16)7-10)20-14(17)18/h1-7,14,19H,8H2. The van der Waals surface area contributed by atoms with E-state index in [1.54, 1.807) is 18.2 Å². The van der Waals surface area contributed by atoms with Gasteiger partial charge in [0, 0.05) is 23.9 Å². The number of halogens is 4. The van der Waals surface area contributed by atoms with Crippen molar-refractivity contribution in [2.45, 2.75) is 13.2 Å². The van der Waals surface area contributed by atoms with E-state index in [0.717, 1.165) is 12.1 Å². The van der Waals surface area contributed by atoms with E-state index in [0.29, 0.717) is 11.3 Å². The van der Waals surface area contributed by atoms with Gasteiger partial charge in [0.05, 0.1) is 0 Å². The Bertz CT molecular complexity index is 589. The molecule has 0 unspecified atom stereocenters. The third-order valence-electron chi connectivity index (χ3n) is 2.59. The zero-order valence-corrected chi connectivity index (χ0v) is 10.2. The van der Waals surface area contributed by atoms with E-state index in [-0.39, 0.29) is 12.4 Å². The van der Waals surface area contributed by atoms with E-state index < -0.39 is 18.2 Å². The monoisotopic (exact) mass is 285 g/mol. The number of rotatable bonds is 5. The molecule has 0 atom stereocenters. The summed E-state index contributed by atoms with van der Waals surface area (Å²) in [5, 5.41) is 2.80. The van der Waals surface area contributed by atoms with Crippen molar-refractivity contribution in [2.24, 2.45) is 0 Å². The van der Waals surface area contributed by atoms with Gasteiger partial charge in [-0.05, 0) is 18.2 Å². The topological polar surface area (TPSA) is 21.3 Å². The molecule has 0 bridgehead atoms. The van der Waals surface area contributed by atoms with Gasteiger partial charge in [-0.15, -0.1) is 0 Å². The molecule has 0 amide bonds. The number of nitrogens with one attached hydrogen (secondary N) is 1. The SMILES string of the molecule is Fc1ccccc1CNc1ccc(OC(F)F)c(F)c1. The van der Waals surface area contributed by atoms with E-state index in [1.807, 2.05) is 0 Å². The Kier molecular flexibility index (Phi) is 4.45. The minimum absolute atomic E-state index is 0.154. The molecule has 2 rings (SSSR count). The fraction of sp³-hybridized carbons (Fsp3) is 0.143. The van der Waals surface area contributed by atoms with Gasteiger partial charge in [0.25, 0.3) is 0 Å². The van der Waals surface area contributed by atoms with E-state index in [1.165, 1.54) is 12.1 Å². The highest BCUT2D eigenvalue weighted by Crippen LogP contribution is 2.23. The molecular weight excluding hydrogens is 274 g/mol. The minimum Gasteiger partial charge on any atom is -0.432 e. The van der Waals surface area contributed by atoms with Crippen molar-refractivity contribution in [2.75, 3.05) is 5.32 Å². The number of alkyl halides is 2. The summed E-state index contributed by atoms with van der Waals surface area (Å²) >= 11 is 0. The van der Waals surface area contributed by atoms with Gasteiger partial charge in [0.2, 0.25) is 0 Å². The van der Waals surface area contributed by atoms with Crippen LogP contribution >= 0.6 is 0 Å². The highest BCUT2D eigenvalue weighted by atomic mass is 19.3. The molecule has 106 valence electrons. The van der Waals surface area contributed by atoms with Crippen LogP contribution in [0.25, 0.3) is 0 Å². The molecule has 6 heteroatoms. The lowest BCUT2D eigenvalue weighted by atomic mass is 10.2. The molecule has 0 aliphatic carbocycles. The lowest BCUT2D eigenvalue weighted by Crippen LogP contribution is -2.05. The summed E-state index contributed by atoms with van der Waals surface area (Å²) in [5.74, 6) is -1.82. The van der Waals surface area contributed by atoms with Gasteiger partial charge in [0.15, 0.2) is 11.6 Å². The second kappa shape index (κ2) is 6.27. The number of hydrogen-bond donors (Lipinski definition) is 1. The van der Waals surface area contributed by atoms with Crippen molar-refractivity contribution in [1.29, 1.82) is 0 Å². The Morgan fingerprint density at radius 3 is 2.40 bits per heavy atom. The number of ether oxygens (including phenoxy) is 1. The predicted octanol–water partition coefficient (Wildman–Crippen LogP) is 4.18. The summed E-state index contributed by atoms with van der Waals surface area (Å²) in [4.78, 5) is 0. The molecule has 0 saturated heterocycles. The Morgan fingerprint density at radius 2 is 1.75 bits per heavy atom. The molecule has 0 spiro atoms. The molecule has 2 aromatic carbocycles. The van der Waals surface area contributed by atoms with Crippen molar-refractivity contribution < 1.29 is 22.3 Å². The summed E-state index contributed by atoms with van der Waals surface area (Å²) in [6.07, 6.45) is 0. The van der Waals surface area contributed by atoms with Gasteiger partial charge < -0.3 is 10.1 Å². The van der Waals surface area contributed by atoms with E-state index in [2.05, 4.69) is 10.1 Å². The van der Waals surface area contributed by atoms with Crippen molar-refractivity contribution in [3.05, 3.63) is 59.7 Å². The lowest BCUT2D eigenvalue weighted by molar-refractivity contribution is -0.0521. The summed E-state index contributed by atoms with van der Waals surface area (Å²) in [6.45, 7) is -2.93. The zero-order chi connectivity index (χ0) is 14.5. The van der Waals surface area contributed by atoms with Crippen molar-refractivity contribution in [1.82, 2.24) is 0 Å². The summed E-state index contributed by atoms with van der Waals surface area (Å²) < 4.78 is 54.7. The average molecular weight is 285 g/mol. The van der Waals surface area contributed by atoms with Crippen LogP contribution in [0.15, 0.2) is 42.5 Å². The Morgan fingerprint density at radius 1 is 1.00 bits per heavy atom. The van der Waals surface area contributed by atoms with E-state index >= 15 is 0 Å². The van der Waals surface area contributed by atoms with Crippen LogP contribution in [0.3, 0.4) is 0 Å². The third-order valence-corrected chi connectivity index (χ3v) is 2.59. The highest BCUT2D eigenvalue weighted by Gasteiger charge is 2.10. The zero-order valence-electron chi connectivity index (χ0n) is 10.2. The summed E-state index contributed by atoms with van der Waals surface area (Å²) in [5.41, 5.74) is 0.758. The molecule has 0 heterocycles. The lowest BCUT2D eigenvalue weighted by Gasteiger charge is -2.10. The molecular formula is C14H11F4NO. The fourth-order valence-corrected chi connectivity index (χ4v) is 1.64. The van der Waals surface area contributed by atoms with Crippen LogP contribution in [0.2, 0.25) is 0 Å². The van der Waals surface area contributed by atoms with Crippen LogP contribution in [0.1, 0.15) is 5.56 Å². The molecule has 0 fully saturated rings. The van der Waals surface area contributed by atoms with Gasteiger partial charge in [-0.2, -0.15) is 8.78 Å². The van der Waals surface area contributed by atoms with Crippen LogP contribution in [-0.2, 0) is 6.54 Å². The first-order valence-electron chi connectivity index (χ1n) is 5.78. The summed E-state index contributed by atoms with van der Waals surface area (Å²) in [6, 6.07) is 9.63. The van der Waals surface area contributed by atoms with Gasteiger partial charge in [-0.1, -0.05) is 18.2 Å². The fourth-order valence-electron chi connectivity index (χ4n) is 1.64. The van der Waals surface area contributed by atoms with Gasteiger partial charge >= 0.3 is 6.61 Å². The molecule has 0 saturated carbocycles. The first kappa shape index (κ1) is 14.2. The Labute approximate surface area is 113 Å². The predicted molar refractivity (Wildman–Crippen MR) is 66.8 cm³/mol. The maximum Gasteiger partial charge on any atom is 0.387 e. The minimum atomic E-state index is -3.08. The summed E-state index contributed by atoms with van der Waals surface area (Å²) in [7, 11) is 0. The van der Waals surface area contributed by atoms with Crippen molar-refractivity contribution in [3.8, 4) is 5.75 Å². The van der Waals surface area contributed by atoms with Crippen LogP contribution < -0.4 is 10.1 Å². The van der Waals surface area contributed by atoms with Crippen LogP contribution in [0, 0.1) is 11.6 Å². The number of benzene rings is 2. The van der Waals surface area contributed by atoms with Gasteiger partial charge in [-0.3, -0.25) is 0 Å². The van der Waals surface area contributed by atoms with Crippen LogP contribution in [-0.4, -0.2) is 6.61 Å². The maximum absolute atomic E-state index is 13.4. The normalized spacial score (nSPS) is 10.7. The number of hydrogen-bond acceptors (Lipinski definition) is 2. The smallest absolute Gasteiger partial charge is 0.387 e. The molecule has 0 aliphatic heterocycles. The Hall–Kier alpha value is -2.24. The van der Waals surface area contributed by atoms with E-state index in [9.17, 15) is 17.6 Å². The van der Waals surface area contributed by atoms with Gasteiger partial charge in [-0.25, -0.2) is 8.78 Å². The second-order valence-electron chi connectivity index (χ2n) is 3.97. The van der Waals surface area contributed by atoms with E-state index in [4.69, 9.17) is 0 Å². The van der Waals surface area contributed by atoms with Crippen LogP contribution in [0.5, 0.6) is 5.75 Å². The second-order valence-corrected chi connectivity index (χ2v) is 3.97. The molecule has 2 aromatic rings. The molecule has 0 aliphatic rings. The molecule has 20 heavy (non-hydrogen) atoms. The molecule has 0 aromatic heterocycles. The molecule has 2 nitrogen and oxygen atoms in total. The van der Waals surface area contributed by atoms with Crippen molar-refractivity contribution in [3.63, 3.8) is 0 Å². The molecule has 1 N–H and O–H groups in total. The third kappa shape index (κ3) is 3.63. The van der Waals surface area contributed by atoms with Crippen molar-refractivity contribution >= 4 is 5.69 Å². The molecule has 0 radical (unpaired) electrons. The first-order chi connectivity index (χ1) is 9.56. The van der Waals surface area contributed by atoms with Gasteiger partial charge in [0.1, 0.15) is 5.82 Å². The largest absolute Gasteiger partial charge is 0.432 e.